The molecule has 0 amide bonds. The van der Waals surface area contributed by atoms with Crippen LogP contribution in [-0.4, -0.2) is 31.8 Å². The minimum atomic E-state index is -4.63. The van der Waals surface area contributed by atoms with Crippen LogP contribution in [0.1, 0.15) is 28.7 Å². The van der Waals surface area contributed by atoms with Crippen LogP contribution >= 0.6 is 0 Å². The van der Waals surface area contributed by atoms with Crippen LogP contribution in [0.15, 0.2) is 145 Å². The molecule has 0 aliphatic heterocycles. The normalized spacial score (nSPS) is 12.1. The van der Waals surface area contributed by atoms with E-state index in [1.54, 1.807) is 37.4 Å². The Bertz CT molecular complexity index is 2970. The Balaban J connectivity index is 1.08. The number of fused-ring (bicyclic) bond motifs is 2. The summed E-state index contributed by atoms with van der Waals surface area (Å²) in [5.74, 6) is 1.31. The summed E-state index contributed by atoms with van der Waals surface area (Å²) in [5.41, 5.74) is 7.51. The predicted molar refractivity (Wildman–Crippen MR) is 234 cm³/mol. The van der Waals surface area contributed by atoms with Crippen molar-refractivity contribution in [2.45, 2.75) is 39.0 Å². The monoisotopic (exact) mass is 819 g/mol. The van der Waals surface area contributed by atoms with Gasteiger partial charge in [-0.25, -0.2) is 0 Å². The first-order valence-electron chi connectivity index (χ1n) is 18.8. The lowest BCUT2D eigenvalue weighted by Crippen LogP contribution is -2.00. The van der Waals surface area contributed by atoms with Crippen molar-refractivity contribution in [3.8, 4) is 17.2 Å². The topological polar surface area (TPSA) is 179 Å². The van der Waals surface area contributed by atoms with Gasteiger partial charge in [0.25, 0.3) is 10.1 Å². The number of phenolic OH excluding ortho intramolecular Hbond substituents is 1. The van der Waals surface area contributed by atoms with Crippen molar-refractivity contribution < 1.29 is 27.6 Å². The summed E-state index contributed by atoms with van der Waals surface area (Å²) >= 11 is 0. The summed E-state index contributed by atoms with van der Waals surface area (Å²) in [6.07, 6.45) is 0.299. The number of hydrogen-bond acceptors (Lipinski definition) is 12. The highest BCUT2D eigenvalue weighted by Gasteiger charge is 2.19. The molecule has 0 aliphatic rings. The molecular weight excluding hydrogens is 779 g/mol. The molecule has 0 saturated heterocycles. The third kappa shape index (κ3) is 9.15. The first-order chi connectivity index (χ1) is 28.8. The van der Waals surface area contributed by atoms with E-state index in [4.69, 9.17) is 16.4 Å². The van der Waals surface area contributed by atoms with Crippen LogP contribution < -0.4 is 14.8 Å². The van der Waals surface area contributed by atoms with Crippen LogP contribution in [0.3, 0.4) is 0 Å². The van der Waals surface area contributed by atoms with Gasteiger partial charge < -0.3 is 19.9 Å². The van der Waals surface area contributed by atoms with Gasteiger partial charge in [-0.1, -0.05) is 18.2 Å². The minimum absolute atomic E-state index is 0.0319. The smallest absolute Gasteiger partial charge is 0.296 e. The highest BCUT2D eigenvalue weighted by molar-refractivity contribution is 7.86. The summed E-state index contributed by atoms with van der Waals surface area (Å²) in [6.45, 7) is 13.4. The molecule has 0 aliphatic carbocycles. The van der Waals surface area contributed by atoms with E-state index in [0.29, 0.717) is 62.3 Å². The van der Waals surface area contributed by atoms with E-state index in [2.05, 4.69) is 36.0 Å². The molecule has 0 atom stereocenters. The molecular formula is C46H41N7O6S. The van der Waals surface area contributed by atoms with Gasteiger partial charge in [0.1, 0.15) is 27.8 Å². The van der Waals surface area contributed by atoms with Crippen molar-refractivity contribution in [2.24, 2.45) is 30.7 Å². The standard InChI is InChI=1S/C46H41N7O6S/c1-7-19-59-44-10-8-9-31-25-45(60(55,56)57)43(26-37(31)44)53-52-42-23-29(4)41(22-30(42)5)51-50-40-21-27(2)39(20-28(40)3)49-48-38-18-11-32-24-34(14-17-36(32)46(38)54)47-33-12-15-35(58-6)16-13-33/h1,8-18,20-26,47,54H,7,19H2,2-6H3,(H,55,56,57). The molecule has 0 fully saturated rings. The molecule has 7 rings (SSSR count). The molecule has 13 nitrogen and oxygen atoms in total. The highest BCUT2D eigenvalue weighted by atomic mass is 32.2. The van der Waals surface area contributed by atoms with E-state index < -0.39 is 10.1 Å². The van der Waals surface area contributed by atoms with E-state index in [1.165, 1.54) is 12.1 Å². The van der Waals surface area contributed by atoms with E-state index in [1.807, 2.05) is 94.4 Å². The zero-order valence-corrected chi connectivity index (χ0v) is 34.3. The van der Waals surface area contributed by atoms with Crippen LogP contribution in [0.4, 0.5) is 45.5 Å². The number of aryl methyl sites for hydroxylation is 4. The van der Waals surface area contributed by atoms with Crippen LogP contribution in [0.5, 0.6) is 17.2 Å². The molecule has 0 heterocycles. The summed E-state index contributed by atoms with van der Waals surface area (Å²) < 4.78 is 45.7. The lowest BCUT2D eigenvalue weighted by Gasteiger charge is -2.11. The van der Waals surface area contributed by atoms with Gasteiger partial charge in [-0.2, -0.15) is 28.9 Å². The largest absolute Gasteiger partial charge is 0.505 e. The fourth-order valence-corrected chi connectivity index (χ4v) is 7.11. The van der Waals surface area contributed by atoms with Gasteiger partial charge in [0.05, 0.1) is 36.5 Å². The third-order valence-electron chi connectivity index (χ3n) is 9.75. The quantitative estimate of drug-likeness (QED) is 0.0764. The van der Waals surface area contributed by atoms with Crippen LogP contribution in [0, 0.1) is 34.6 Å². The van der Waals surface area contributed by atoms with Crippen molar-refractivity contribution in [3.63, 3.8) is 0 Å². The lowest BCUT2D eigenvalue weighted by atomic mass is 10.1. The summed E-state index contributed by atoms with van der Waals surface area (Å²) in [7, 11) is -3.00. The zero-order valence-electron chi connectivity index (χ0n) is 33.5. The Morgan fingerprint density at radius 1 is 0.600 bits per heavy atom. The minimum Gasteiger partial charge on any atom is -0.505 e. The molecule has 14 heteroatoms. The summed E-state index contributed by atoms with van der Waals surface area (Å²) in [5, 5.41) is 43.6. The van der Waals surface area contributed by atoms with Gasteiger partial charge in [-0.05, 0) is 165 Å². The van der Waals surface area contributed by atoms with E-state index in [0.717, 1.165) is 39.2 Å². The summed E-state index contributed by atoms with van der Waals surface area (Å²) in [4.78, 5) is -0.381. The van der Waals surface area contributed by atoms with E-state index in [-0.39, 0.29) is 22.9 Å². The zero-order chi connectivity index (χ0) is 42.6. The van der Waals surface area contributed by atoms with Crippen molar-refractivity contribution in [2.75, 3.05) is 19.0 Å². The number of azo groups is 3. The Morgan fingerprint density at radius 3 is 1.68 bits per heavy atom. The number of nitrogens with zero attached hydrogens (tertiary/aromatic N) is 6. The van der Waals surface area contributed by atoms with E-state index >= 15 is 0 Å². The Hall–Kier alpha value is -7.03. The van der Waals surface area contributed by atoms with Gasteiger partial charge in [0.2, 0.25) is 0 Å². The maximum Gasteiger partial charge on any atom is 0.296 e. The molecule has 60 heavy (non-hydrogen) atoms. The third-order valence-corrected chi connectivity index (χ3v) is 10.6. The molecule has 7 aromatic rings. The van der Waals surface area contributed by atoms with Crippen molar-refractivity contribution >= 4 is 77.2 Å². The molecule has 7 aromatic carbocycles. The second-order valence-electron chi connectivity index (χ2n) is 14.1. The molecule has 302 valence electrons. The number of methoxy groups -OCH3 is 1. The fourth-order valence-electron chi connectivity index (χ4n) is 6.47. The maximum atomic E-state index is 12.3. The Labute approximate surface area is 347 Å². The number of phenols is 1. The number of hydrogen-bond donors (Lipinski definition) is 3. The second kappa shape index (κ2) is 17.4. The van der Waals surface area contributed by atoms with Crippen molar-refractivity contribution in [1.29, 1.82) is 0 Å². The first-order valence-corrected chi connectivity index (χ1v) is 20.3. The van der Waals surface area contributed by atoms with Crippen LogP contribution in [-0.2, 0) is 10.1 Å². The van der Waals surface area contributed by atoms with Crippen LogP contribution in [0.2, 0.25) is 0 Å². The van der Waals surface area contributed by atoms with Crippen LogP contribution in [0.25, 0.3) is 21.5 Å². The predicted octanol–water partition coefficient (Wildman–Crippen LogP) is 13.7. The van der Waals surface area contributed by atoms with Gasteiger partial charge in [0.15, 0.2) is 5.75 Å². The van der Waals surface area contributed by atoms with Gasteiger partial charge >= 0.3 is 0 Å². The number of benzene rings is 7. The number of rotatable bonds is 13. The Morgan fingerprint density at radius 2 is 1.13 bits per heavy atom. The Kier molecular flexibility index (Phi) is 12.0. The lowest BCUT2D eigenvalue weighted by molar-refractivity contribution is 0.328. The molecule has 0 spiro atoms. The molecule has 0 aromatic heterocycles. The fraction of sp³-hybridized carbons (Fsp3) is 0.152. The molecule has 3 N–H and O–H groups in total. The first kappa shape index (κ1) is 41.1. The molecule has 2 radical (unpaired) electrons. The highest BCUT2D eigenvalue weighted by Crippen LogP contribution is 2.40. The van der Waals surface area contributed by atoms with Crippen molar-refractivity contribution in [3.05, 3.63) is 138 Å². The number of ether oxygens (including phenoxy) is 2. The van der Waals surface area contributed by atoms with E-state index in [9.17, 15) is 18.1 Å². The van der Waals surface area contributed by atoms with Gasteiger partial charge in [-0.15, -0.1) is 10.2 Å². The maximum absolute atomic E-state index is 12.3. The van der Waals surface area contributed by atoms with Gasteiger partial charge in [-0.3, -0.25) is 4.55 Å². The number of aromatic hydroxyl groups is 1. The molecule has 0 saturated carbocycles. The average molecular weight is 820 g/mol. The molecule has 0 bridgehead atoms. The number of anilines is 2. The average Bonchev–Trinajstić information content (AvgIpc) is 3.23. The number of nitrogens with one attached hydrogen (secondary N) is 1. The molecule has 0 unspecified atom stereocenters. The second-order valence-corrected chi connectivity index (χ2v) is 15.5. The summed E-state index contributed by atoms with van der Waals surface area (Å²) in [6, 6.07) is 32.3. The van der Waals surface area contributed by atoms with Gasteiger partial charge in [0, 0.05) is 22.1 Å². The van der Waals surface area contributed by atoms with Crippen molar-refractivity contribution in [1.82, 2.24) is 0 Å². The SMILES string of the molecule is [CH]CCOc1cccc2cc(S(=O)(=O)O)c(N=Nc3cc(C)c(N=Nc4cc(C)c(N=Nc5ccc6cc(Nc7ccc(OC)cc7)ccc6c5O)cc4C)cc3C)cc12.